The minimum absolute atomic E-state index is 0.0270. The molecule has 4 nitrogen and oxygen atoms in total. The van der Waals surface area contributed by atoms with E-state index in [0.29, 0.717) is 5.75 Å². The molecular formula is C24H19FO4. The second-order valence-corrected chi connectivity index (χ2v) is 6.34. The summed E-state index contributed by atoms with van der Waals surface area (Å²) in [6.07, 6.45) is 2.94. The van der Waals surface area contributed by atoms with Gasteiger partial charge in [0.05, 0.1) is 12.7 Å². The summed E-state index contributed by atoms with van der Waals surface area (Å²) in [5.41, 5.74) is 2.08. The third-order valence-corrected chi connectivity index (χ3v) is 4.24. The topological polar surface area (TPSA) is 52.6 Å². The predicted molar refractivity (Wildman–Crippen MR) is 109 cm³/mol. The molecule has 0 aromatic heterocycles. The van der Waals surface area contributed by atoms with Gasteiger partial charge in [0.1, 0.15) is 22.9 Å². The van der Waals surface area contributed by atoms with Crippen LogP contribution < -0.4 is 9.47 Å². The van der Waals surface area contributed by atoms with Crippen LogP contribution in [-0.4, -0.2) is 18.9 Å². The molecule has 0 bridgehead atoms. The number of rotatable bonds is 6. The van der Waals surface area contributed by atoms with Crippen LogP contribution in [0.1, 0.15) is 31.8 Å². The van der Waals surface area contributed by atoms with Crippen LogP contribution in [-0.2, 0) is 0 Å². The van der Waals surface area contributed by atoms with E-state index < -0.39 is 17.6 Å². The van der Waals surface area contributed by atoms with Crippen molar-refractivity contribution in [1.82, 2.24) is 0 Å². The lowest BCUT2D eigenvalue weighted by Gasteiger charge is -2.10. The number of ether oxygens (including phenoxy) is 2. The molecule has 0 radical (unpaired) electrons. The number of hydrogen-bond donors (Lipinski definition) is 0. The summed E-state index contributed by atoms with van der Waals surface area (Å²) in [6, 6.07) is 17.6. The first-order valence-electron chi connectivity index (χ1n) is 8.92. The van der Waals surface area contributed by atoms with Gasteiger partial charge < -0.3 is 9.47 Å². The molecule has 0 saturated carbocycles. The molecule has 3 aromatic carbocycles. The van der Waals surface area contributed by atoms with E-state index in [1.807, 2.05) is 31.2 Å². The monoisotopic (exact) mass is 390 g/mol. The van der Waals surface area contributed by atoms with Crippen molar-refractivity contribution < 1.29 is 23.5 Å². The van der Waals surface area contributed by atoms with Crippen molar-refractivity contribution in [3.63, 3.8) is 0 Å². The predicted octanol–water partition coefficient (Wildman–Crippen LogP) is 5.26. The zero-order valence-electron chi connectivity index (χ0n) is 16.0. The molecule has 3 aromatic rings. The number of esters is 1. The Hall–Kier alpha value is -3.73. The molecule has 29 heavy (non-hydrogen) atoms. The standard InChI is InChI=1S/C24H19FO4/c1-16-7-9-17(10-8-16)11-13-21(26)20-15-18(25)12-14-23(20)29-24(27)19-5-3-4-6-22(19)28-2/h3-15H,1-2H3/b13-11+. The number of benzene rings is 3. The number of para-hydroxylation sites is 1. The highest BCUT2D eigenvalue weighted by molar-refractivity contribution is 6.09. The molecule has 0 amide bonds. The Bertz CT molecular complexity index is 1070. The first-order chi connectivity index (χ1) is 14.0. The molecule has 146 valence electrons. The summed E-state index contributed by atoms with van der Waals surface area (Å²) in [4.78, 5) is 25.2. The molecule has 5 heteroatoms. The van der Waals surface area contributed by atoms with Gasteiger partial charge in [-0.3, -0.25) is 4.79 Å². The minimum Gasteiger partial charge on any atom is -0.496 e. The average molecular weight is 390 g/mol. The van der Waals surface area contributed by atoms with E-state index in [1.165, 1.54) is 19.3 Å². The fraction of sp³-hybridized carbons (Fsp3) is 0.0833. The van der Waals surface area contributed by atoms with Crippen molar-refractivity contribution >= 4 is 17.8 Å². The molecule has 0 heterocycles. The van der Waals surface area contributed by atoms with Crippen LogP contribution in [0.25, 0.3) is 6.08 Å². The number of halogens is 1. The Balaban J connectivity index is 1.86. The Morgan fingerprint density at radius 3 is 2.34 bits per heavy atom. The van der Waals surface area contributed by atoms with Crippen LogP contribution in [0, 0.1) is 12.7 Å². The molecule has 0 fully saturated rings. The Labute approximate surface area is 168 Å². The van der Waals surface area contributed by atoms with Crippen LogP contribution in [0.3, 0.4) is 0 Å². The smallest absolute Gasteiger partial charge is 0.347 e. The molecule has 0 aliphatic carbocycles. The van der Waals surface area contributed by atoms with Crippen LogP contribution in [0.4, 0.5) is 4.39 Å². The van der Waals surface area contributed by atoms with Crippen molar-refractivity contribution in [2.45, 2.75) is 6.92 Å². The van der Waals surface area contributed by atoms with Crippen LogP contribution >= 0.6 is 0 Å². The van der Waals surface area contributed by atoms with E-state index in [-0.39, 0.29) is 16.9 Å². The van der Waals surface area contributed by atoms with E-state index >= 15 is 0 Å². The van der Waals surface area contributed by atoms with Gasteiger partial charge in [0, 0.05) is 0 Å². The lowest BCUT2D eigenvalue weighted by atomic mass is 10.1. The molecular weight excluding hydrogens is 371 g/mol. The summed E-state index contributed by atoms with van der Waals surface area (Å²) in [7, 11) is 1.44. The van der Waals surface area contributed by atoms with E-state index in [9.17, 15) is 14.0 Å². The largest absolute Gasteiger partial charge is 0.496 e. The Morgan fingerprint density at radius 1 is 0.897 bits per heavy atom. The molecule has 0 unspecified atom stereocenters. The van der Waals surface area contributed by atoms with Gasteiger partial charge in [-0.25, -0.2) is 9.18 Å². The molecule has 0 N–H and O–H groups in total. The van der Waals surface area contributed by atoms with Crippen LogP contribution in [0.5, 0.6) is 11.5 Å². The van der Waals surface area contributed by atoms with Gasteiger partial charge in [-0.15, -0.1) is 0 Å². The van der Waals surface area contributed by atoms with Gasteiger partial charge in [-0.05, 0) is 48.9 Å². The number of aryl methyl sites for hydroxylation is 1. The van der Waals surface area contributed by atoms with Crippen LogP contribution in [0.2, 0.25) is 0 Å². The summed E-state index contributed by atoms with van der Waals surface area (Å²) < 4.78 is 24.3. The quantitative estimate of drug-likeness (QED) is 0.249. The Morgan fingerprint density at radius 2 is 1.62 bits per heavy atom. The summed E-state index contributed by atoms with van der Waals surface area (Å²) in [5.74, 6) is -1.47. The zero-order valence-corrected chi connectivity index (χ0v) is 16.0. The first-order valence-corrected chi connectivity index (χ1v) is 8.92. The van der Waals surface area contributed by atoms with Gasteiger partial charge in [-0.2, -0.15) is 0 Å². The maximum atomic E-state index is 13.8. The number of carbonyl (C=O) groups is 2. The van der Waals surface area contributed by atoms with Gasteiger partial charge in [0.25, 0.3) is 0 Å². The highest BCUT2D eigenvalue weighted by atomic mass is 19.1. The van der Waals surface area contributed by atoms with E-state index in [1.54, 1.807) is 30.3 Å². The third-order valence-electron chi connectivity index (χ3n) is 4.24. The molecule has 0 saturated heterocycles. The highest BCUT2D eigenvalue weighted by Gasteiger charge is 2.18. The second-order valence-electron chi connectivity index (χ2n) is 6.34. The number of hydrogen-bond acceptors (Lipinski definition) is 4. The SMILES string of the molecule is COc1ccccc1C(=O)Oc1ccc(F)cc1C(=O)/C=C/c1ccc(C)cc1. The lowest BCUT2D eigenvalue weighted by molar-refractivity contribution is 0.0729. The van der Waals surface area contributed by atoms with E-state index in [4.69, 9.17) is 9.47 Å². The maximum absolute atomic E-state index is 13.8. The van der Waals surface area contributed by atoms with E-state index in [0.717, 1.165) is 23.3 Å². The van der Waals surface area contributed by atoms with Gasteiger partial charge in [0.2, 0.25) is 0 Å². The maximum Gasteiger partial charge on any atom is 0.347 e. The number of allylic oxidation sites excluding steroid dienone is 1. The third kappa shape index (κ3) is 4.96. The fourth-order valence-electron chi connectivity index (χ4n) is 2.69. The number of methoxy groups -OCH3 is 1. The van der Waals surface area contributed by atoms with Gasteiger partial charge >= 0.3 is 5.97 Å². The molecule has 0 spiro atoms. The molecule has 3 rings (SSSR count). The summed E-state index contributed by atoms with van der Waals surface area (Å²) in [5, 5.41) is 0. The summed E-state index contributed by atoms with van der Waals surface area (Å²) >= 11 is 0. The van der Waals surface area contributed by atoms with Crippen molar-refractivity contribution in [3.8, 4) is 11.5 Å². The fourth-order valence-corrected chi connectivity index (χ4v) is 2.69. The first kappa shape index (κ1) is 20.0. The van der Waals surface area contributed by atoms with Gasteiger partial charge in [-0.1, -0.05) is 48.0 Å². The average Bonchev–Trinajstić information content (AvgIpc) is 2.74. The lowest BCUT2D eigenvalue weighted by Crippen LogP contribution is -2.12. The zero-order chi connectivity index (χ0) is 20.8. The van der Waals surface area contributed by atoms with Crippen LogP contribution in [0.15, 0.2) is 72.8 Å². The van der Waals surface area contributed by atoms with Gasteiger partial charge in [0.15, 0.2) is 5.78 Å². The number of ketones is 1. The van der Waals surface area contributed by atoms with Crippen molar-refractivity contribution in [2.24, 2.45) is 0 Å². The minimum atomic E-state index is -0.703. The van der Waals surface area contributed by atoms with Crippen molar-refractivity contribution in [3.05, 3.63) is 101 Å². The number of carbonyl (C=O) groups excluding carboxylic acids is 2. The van der Waals surface area contributed by atoms with Crippen molar-refractivity contribution in [2.75, 3.05) is 7.11 Å². The Kier molecular flexibility index (Phi) is 6.19. The molecule has 0 atom stereocenters. The normalized spacial score (nSPS) is 10.7. The molecule has 0 aliphatic rings. The summed E-state index contributed by atoms with van der Waals surface area (Å²) in [6.45, 7) is 1.97. The second kappa shape index (κ2) is 8.97. The van der Waals surface area contributed by atoms with E-state index in [2.05, 4.69) is 0 Å². The van der Waals surface area contributed by atoms with Crippen molar-refractivity contribution in [1.29, 1.82) is 0 Å². The molecule has 0 aliphatic heterocycles. The highest BCUT2D eigenvalue weighted by Crippen LogP contribution is 2.25.